The number of anilines is 2. The number of pyridine rings is 2. The monoisotopic (exact) mass is 406 g/mol. The quantitative estimate of drug-likeness (QED) is 0.598. The summed E-state index contributed by atoms with van der Waals surface area (Å²) in [6, 6.07) is 11.4. The van der Waals surface area contributed by atoms with E-state index in [0.717, 1.165) is 5.56 Å². The molecule has 6 nitrogen and oxygen atoms in total. The zero-order valence-electron chi connectivity index (χ0n) is 16.9. The molecule has 0 atom stereocenters. The van der Waals surface area contributed by atoms with Crippen molar-refractivity contribution in [2.45, 2.75) is 26.2 Å². The highest BCUT2D eigenvalue weighted by Crippen LogP contribution is 2.26. The van der Waals surface area contributed by atoms with Crippen molar-refractivity contribution in [3.05, 3.63) is 71.9 Å². The van der Waals surface area contributed by atoms with Gasteiger partial charge >= 0.3 is 0 Å². The van der Waals surface area contributed by atoms with Crippen LogP contribution in [-0.4, -0.2) is 28.7 Å². The van der Waals surface area contributed by atoms with Crippen LogP contribution in [-0.2, 0) is 11.2 Å². The molecule has 0 spiro atoms. The summed E-state index contributed by atoms with van der Waals surface area (Å²) in [5.41, 5.74) is 8.20. The van der Waals surface area contributed by atoms with E-state index in [9.17, 15) is 14.0 Å². The molecule has 2 aromatic heterocycles. The number of nitrogens with zero attached hydrogens (tertiary/aromatic N) is 3. The predicted octanol–water partition coefficient (Wildman–Crippen LogP) is 4.05. The van der Waals surface area contributed by atoms with E-state index in [2.05, 4.69) is 9.97 Å². The highest BCUT2D eigenvalue weighted by molar-refractivity contribution is 5.95. The van der Waals surface area contributed by atoms with Crippen molar-refractivity contribution in [1.82, 2.24) is 9.97 Å². The van der Waals surface area contributed by atoms with E-state index in [0.29, 0.717) is 47.6 Å². The lowest BCUT2D eigenvalue weighted by molar-refractivity contribution is -0.118. The molecule has 0 saturated heterocycles. The smallest absolute Gasteiger partial charge is 0.226 e. The molecule has 3 rings (SSSR count). The van der Waals surface area contributed by atoms with Gasteiger partial charge in [0.1, 0.15) is 17.3 Å². The highest BCUT2D eigenvalue weighted by Gasteiger charge is 2.14. The summed E-state index contributed by atoms with van der Waals surface area (Å²) >= 11 is 0. The summed E-state index contributed by atoms with van der Waals surface area (Å²) in [7, 11) is 1.61. The lowest BCUT2D eigenvalue weighted by Crippen LogP contribution is -2.25. The van der Waals surface area contributed by atoms with Gasteiger partial charge in [-0.3, -0.25) is 14.6 Å². The minimum absolute atomic E-state index is 0.0959. The molecule has 0 saturated carbocycles. The van der Waals surface area contributed by atoms with Gasteiger partial charge in [0.05, 0.1) is 0 Å². The molecule has 0 aliphatic rings. The Morgan fingerprint density at radius 2 is 1.87 bits per heavy atom. The molecule has 0 aliphatic heterocycles. The van der Waals surface area contributed by atoms with E-state index in [1.807, 2.05) is 6.07 Å². The van der Waals surface area contributed by atoms with Crippen LogP contribution in [0.3, 0.4) is 0 Å². The summed E-state index contributed by atoms with van der Waals surface area (Å²) < 4.78 is 14.6. The van der Waals surface area contributed by atoms with Crippen LogP contribution < -0.4 is 10.6 Å². The molecule has 0 aliphatic carbocycles. The number of hydrogen-bond donors (Lipinski definition) is 1. The largest absolute Gasteiger partial charge is 0.384 e. The summed E-state index contributed by atoms with van der Waals surface area (Å²) in [5, 5.41) is 0. The number of nitrogens with two attached hydrogens (primary N) is 1. The summed E-state index contributed by atoms with van der Waals surface area (Å²) in [5.74, 6) is -0.221. The molecular formula is C23H23FN4O2. The molecule has 0 unspecified atom stereocenters. The number of amides is 1. The normalized spacial score (nSPS) is 10.6. The third-order valence-corrected chi connectivity index (χ3v) is 4.87. The van der Waals surface area contributed by atoms with Crippen LogP contribution in [0.25, 0.3) is 11.1 Å². The zero-order valence-corrected chi connectivity index (χ0v) is 16.9. The Kier molecular flexibility index (Phi) is 6.51. The summed E-state index contributed by atoms with van der Waals surface area (Å²) in [4.78, 5) is 33.8. The number of aryl methyl sites for hydroxylation is 1. The van der Waals surface area contributed by atoms with Gasteiger partial charge in [-0.05, 0) is 42.3 Å². The molecule has 1 aromatic carbocycles. The first-order valence-electron chi connectivity index (χ1n) is 9.65. The molecule has 7 heteroatoms. The molecule has 0 fully saturated rings. The number of aromatic nitrogens is 2. The molecule has 3 aromatic rings. The first-order chi connectivity index (χ1) is 14.4. The Morgan fingerprint density at radius 1 is 1.07 bits per heavy atom. The summed E-state index contributed by atoms with van der Waals surface area (Å²) in [6.45, 7) is 1.75. The van der Waals surface area contributed by atoms with Crippen molar-refractivity contribution in [3.63, 3.8) is 0 Å². The average Bonchev–Trinajstić information content (AvgIpc) is 2.77. The average molecular weight is 406 g/mol. The van der Waals surface area contributed by atoms with E-state index in [1.54, 1.807) is 50.5 Å². The zero-order chi connectivity index (χ0) is 21.7. The van der Waals surface area contributed by atoms with Crippen LogP contribution in [0.4, 0.5) is 15.9 Å². The first kappa shape index (κ1) is 21.1. The van der Waals surface area contributed by atoms with Crippen LogP contribution in [0.5, 0.6) is 0 Å². The minimum Gasteiger partial charge on any atom is -0.384 e. The predicted molar refractivity (Wildman–Crippen MR) is 115 cm³/mol. The number of nitrogen functional groups attached to an aromatic ring is 1. The lowest BCUT2D eigenvalue weighted by atomic mass is 10.0. The van der Waals surface area contributed by atoms with Gasteiger partial charge in [0.25, 0.3) is 0 Å². The molecule has 0 bridgehead atoms. The minimum atomic E-state index is -0.458. The van der Waals surface area contributed by atoms with Gasteiger partial charge in [0.15, 0.2) is 5.78 Å². The second-order valence-electron chi connectivity index (χ2n) is 6.92. The van der Waals surface area contributed by atoms with Crippen LogP contribution in [0.15, 0.2) is 54.9 Å². The molecular weight excluding hydrogens is 383 g/mol. The Labute approximate surface area is 174 Å². The van der Waals surface area contributed by atoms with Gasteiger partial charge in [-0.15, -0.1) is 0 Å². The molecule has 30 heavy (non-hydrogen) atoms. The van der Waals surface area contributed by atoms with Gasteiger partial charge in [0, 0.05) is 49.1 Å². The van der Waals surface area contributed by atoms with Crippen molar-refractivity contribution < 1.29 is 14.0 Å². The van der Waals surface area contributed by atoms with E-state index < -0.39 is 5.82 Å². The maximum atomic E-state index is 14.6. The number of Topliss-reactive ketones (excluding diaryl/α,β-unsaturated/α-hetero) is 1. The van der Waals surface area contributed by atoms with Crippen LogP contribution in [0.2, 0.25) is 0 Å². The Bertz CT molecular complexity index is 1050. The third-order valence-electron chi connectivity index (χ3n) is 4.87. The molecule has 1 amide bonds. The van der Waals surface area contributed by atoms with Crippen molar-refractivity contribution in [2.75, 3.05) is 17.7 Å². The lowest BCUT2D eigenvalue weighted by Gasteiger charge is -2.17. The second-order valence-corrected chi connectivity index (χ2v) is 6.92. The van der Waals surface area contributed by atoms with Gasteiger partial charge in [-0.2, -0.15) is 0 Å². The van der Waals surface area contributed by atoms with Crippen LogP contribution in [0.1, 0.15) is 35.8 Å². The van der Waals surface area contributed by atoms with E-state index in [-0.39, 0.29) is 11.7 Å². The second kappa shape index (κ2) is 9.26. The maximum Gasteiger partial charge on any atom is 0.226 e. The summed E-state index contributed by atoms with van der Waals surface area (Å²) in [6.07, 6.45) is 4.30. The van der Waals surface area contributed by atoms with Crippen molar-refractivity contribution in [2.24, 2.45) is 0 Å². The standard InChI is InChI=1S/C23H23FN4O2/c1-3-23(30)28(2)17-7-8-18(19(24)12-17)16-6-9-20(26-14-16)21(29)10-4-15-5-11-22(25)27-13-15/h5-9,11-14H,3-4,10H2,1-2H3,(H2,25,27). The maximum absolute atomic E-state index is 14.6. The van der Waals surface area contributed by atoms with Gasteiger partial charge in [0.2, 0.25) is 5.91 Å². The van der Waals surface area contributed by atoms with Crippen molar-refractivity contribution in [3.8, 4) is 11.1 Å². The van der Waals surface area contributed by atoms with Crippen LogP contribution in [0, 0.1) is 5.82 Å². The highest BCUT2D eigenvalue weighted by atomic mass is 19.1. The molecule has 0 radical (unpaired) electrons. The fourth-order valence-corrected chi connectivity index (χ4v) is 3.02. The molecule has 2 N–H and O–H groups in total. The number of carbonyl (C=O) groups is 2. The third kappa shape index (κ3) is 4.86. The Hall–Kier alpha value is -3.61. The van der Waals surface area contributed by atoms with Gasteiger partial charge < -0.3 is 10.6 Å². The van der Waals surface area contributed by atoms with E-state index in [1.165, 1.54) is 17.2 Å². The Morgan fingerprint density at radius 3 is 2.47 bits per heavy atom. The number of rotatable bonds is 7. The first-order valence-corrected chi connectivity index (χ1v) is 9.65. The fraction of sp³-hybridized carbons (Fsp3) is 0.217. The molecule has 2 heterocycles. The van der Waals surface area contributed by atoms with Crippen molar-refractivity contribution >= 4 is 23.2 Å². The number of hydrogen-bond acceptors (Lipinski definition) is 5. The van der Waals surface area contributed by atoms with Gasteiger partial charge in [-0.1, -0.05) is 19.1 Å². The number of halogens is 1. The van der Waals surface area contributed by atoms with Crippen molar-refractivity contribution in [1.29, 1.82) is 0 Å². The fourth-order valence-electron chi connectivity index (χ4n) is 3.02. The van der Waals surface area contributed by atoms with Crippen LogP contribution >= 0.6 is 0 Å². The Balaban J connectivity index is 1.69. The number of ketones is 1. The SMILES string of the molecule is CCC(=O)N(C)c1ccc(-c2ccc(C(=O)CCc3ccc(N)nc3)nc2)c(F)c1. The molecule has 154 valence electrons. The number of carbonyl (C=O) groups excluding carboxylic acids is 2. The topological polar surface area (TPSA) is 89.2 Å². The van der Waals surface area contributed by atoms with E-state index >= 15 is 0 Å². The van der Waals surface area contributed by atoms with E-state index in [4.69, 9.17) is 5.73 Å². The van der Waals surface area contributed by atoms with Gasteiger partial charge in [-0.25, -0.2) is 9.37 Å². The number of benzene rings is 1.